The summed E-state index contributed by atoms with van der Waals surface area (Å²) in [6, 6.07) is 3.86. The number of carbonyl (C=O) groups is 1. The van der Waals surface area contributed by atoms with Crippen LogP contribution < -0.4 is 10.6 Å². The first-order chi connectivity index (χ1) is 9.79. The summed E-state index contributed by atoms with van der Waals surface area (Å²) in [7, 11) is 0. The number of amides is 1. The Kier molecular flexibility index (Phi) is 5.77. The van der Waals surface area contributed by atoms with Gasteiger partial charge in [0.15, 0.2) is 5.69 Å². The van der Waals surface area contributed by atoms with Crippen LogP contribution in [0.1, 0.15) is 62.4 Å². The Bertz CT molecular complexity index is 412. The second kappa shape index (κ2) is 7.82. The molecule has 1 aliphatic rings. The standard InChI is InChI=1S/C15H24N4O/c1-2-3-11-16-14-10-9-13(18-19-14)15(20)17-12-7-5-4-6-8-12/h9-10,12H,2-8,11H2,1H3,(H,16,19)(H,17,20). The summed E-state index contributed by atoms with van der Waals surface area (Å²) in [5, 5.41) is 14.3. The Morgan fingerprint density at radius 1 is 1.25 bits per heavy atom. The molecule has 0 saturated heterocycles. The second-order valence-electron chi connectivity index (χ2n) is 5.39. The molecule has 0 bridgehead atoms. The van der Waals surface area contributed by atoms with E-state index in [0.29, 0.717) is 11.7 Å². The van der Waals surface area contributed by atoms with Crippen LogP contribution in [-0.2, 0) is 0 Å². The van der Waals surface area contributed by atoms with Crippen molar-refractivity contribution in [3.63, 3.8) is 0 Å². The second-order valence-corrected chi connectivity index (χ2v) is 5.39. The van der Waals surface area contributed by atoms with Crippen molar-refractivity contribution >= 4 is 11.7 Å². The summed E-state index contributed by atoms with van der Waals surface area (Å²) in [4.78, 5) is 12.1. The first-order valence-electron chi connectivity index (χ1n) is 7.68. The highest BCUT2D eigenvalue weighted by molar-refractivity contribution is 5.92. The predicted octanol–water partition coefficient (Wildman–Crippen LogP) is 2.75. The summed E-state index contributed by atoms with van der Waals surface area (Å²) in [6.07, 6.45) is 8.09. The Morgan fingerprint density at radius 2 is 2.05 bits per heavy atom. The maximum atomic E-state index is 12.1. The van der Waals surface area contributed by atoms with Gasteiger partial charge in [0.2, 0.25) is 0 Å². The van der Waals surface area contributed by atoms with Gasteiger partial charge in [-0.15, -0.1) is 10.2 Å². The van der Waals surface area contributed by atoms with Gasteiger partial charge in [-0.2, -0.15) is 0 Å². The maximum Gasteiger partial charge on any atom is 0.272 e. The molecule has 0 radical (unpaired) electrons. The van der Waals surface area contributed by atoms with E-state index >= 15 is 0 Å². The Morgan fingerprint density at radius 3 is 2.70 bits per heavy atom. The molecule has 1 aromatic rings. The SMILES string of the molecule is CCCCNc1ccc(C(=O)NC2CCCCC2)nn1. The number of rotatable bonds is 6. The molecule has 20 heavy (non-hydrogen) atoms. The van der Waals surface area contributed by atoms with Crippen molar-refractivity contribution in [2.75, 3.05) is 11.9 Å². The highest BCUT2D eigenvalue weighted by Gasteiger charge is 2.17. The van der Waals surface area contributed by atoms with Gasteiger partial charge < -0.3 is 10.6 Å². The van der Waals surface area contributed by atoms with E-state index in [9.17, 15) is 4.79 Å². The van der Waals surface area contributed by atoms with Crippen molar-refractivity contribution < 1.29 is 4.79 Å². The molecule has 2 N–H and O–H groups in total. The molecule has 1 fully saturated rings. The smallest absolute Gasteiger partial charge is 0.272 e. The zero-order valence-electron chi connectivity index (χ0n) is 12.2. The van der Waals surface area contributed by atoms with Crippen molar-refractivity contribution in [2.24, 2.45) is 0 Å². The molecule has 0 spiro atoms. The summed E-state index contributed by atoms with van der Waals surface area (Å²) < 4.78 is 0. The van der Waals surface area contributed by atoms with Crippen LogP contribution in [0.3, 0.4) is 0 Å². The van der Waals surface area contributed by atoms with Gasteiger partial charge in [-0.25, -0.2) is 0 Å². The molecule has 0 unspecified atom stereocenters. The van der Waals surface area contributed by atoms with Gasteiger partial charge in [0, 0.05) is 12.6 Å². The van der Waals surface area contributed by atoms with Gasteiger partial charge in [-0.3, -0.25) is 4.79 Å². The number of hydrogen-bond acceptors (Lipinski definition) is 4. The number of unbranched alkanes of at least 4 members (excludes halogenated alkanes) is 1. The molecule has 110 valence electrons. The van der Waals surface area contributed by atoms with Crippen LogP contribution in [0.15, 0.2) is 12.1 Å². The van der Waals surface area contributed by atoms with Crippen molar-refractivity contribution in [3.05, 3.63) is 17.8 Å². The lowest BCUT2D eigenvalue weighted by molar-refractivity contribution is 0.0921. The third-order valence-electron chi connectivity index (χ3n) is 3.67. The van der Waals surface area contributed by atoms with E-state index < -0.39 is 0 Å². The molecule has 1 heterocycles. The van der Waals surface area contributed by atoms with E-state index in [1.54, 1.807) is 6.07 Å². The van der Waals surface area contributed by atoms with E-state index in [1.165, 1.54) is 19.3 Å². The van der Waals surface area contributed by atoms with Crippen LogP contribution in [0.4, 0.5) is 5.82 Å². The summed E-state index contributed by atoms with van der Waals surface area (Å²) >= 11 is 0. The number of aromatic nitrogens is 2. The van der Waals surface area contributed by atoms with E-state index in [4.69, 9.17) is 0 Å². The van der Waals surface area contributed by atoms with E-state index in [0.717, 1.165) is 38.0 Å². The van der Waals surface area contributed by atoms with E-state index in [2.05, 4.69) is 27.8 Å². The first-order valence-corrected chi connectivity index (χ1v) is 7.68. The summed E-state index contributed by atoms with van der Waals surface area (Å²) in [5.41, 5.74) is 0.400. The lowest BCUT2D eigenvalue weighted by Crippen LogP contribution is -2.36. The first kappa shape index (κ1) is 14.8. The normalized spacial score (nSPS) is 15.8. The lowest BCUT2D eigenvalue weighted by Gasteiger charge is -2.22. The molecule has 1 amide bonds. The van der Waals surface area contributed by atoms with Crippen molar-refractivity contribution in [1.82, 2.24) is 15.5 Å². The molecule has 2 rings (SSSR count). The molecule has 5 heteroatoms. The Balaban J connectivity index is 1.83. The third-order valence-corrected chi connectivity index (χ3v) is 3.67. The summed E-state index contributed by atoms with van der Waals surface area (Å²) in [6.45, 7) is 3.03. The molecule has 1 saturated carbocycles. The molecule has 0 atom stereocenters. The van der Waals surface area contributed by atoms with Crippen LogP contribution in [0.25, 0.3) is 0 Å². The van der Waals surface area contributed by atoms with Crippen LogP contribution in [0, 0.1) is 0 Å². The van der Waals surface area contributed by atoms with Gasteiger partial charge >= 0.3 is 0 Å². The average molecular weight is 276 g/mol. The summed E-state index contributed by atoms with van der Waals surface area (Å²) in [5.74, 6) is 0.622. The largest absolute Gasteiger partial charge is 0.369 e. The quantitative estimate of drug-likeness (QED) is 0.784. The minimum atomic E-state index is -0.107. The monoisotopic (exact) mass is 276 g/mol. The van der Waals surface area contributed by atoms with Gasteiger partial charge in [0.05, 0.1) is 0 Å². The van der Waals surface area contributed by atoms with Crippen molar-refractivity contribution in [2.45, 2.75) is 57.9 Å². The number of nitrogens with one attached hydrogen (secondary N) is 2. The van der Waals surface area contributed by atoms with Crippen molar-refractivity contribution in [3.8, 4) is 0 Å². The maximum absolute atomic E-state index is 12.1. The zero-order valence-corrected chi connectivity index (χ0v) is 12.2. The molecular weight excluding hydrogens is 252 g/mol. The van der Waals surface area contributed by atoms with Gasteiger partial charge in [-0.05, 0) is 31.4 Å². The minimum absolute atomic E-state index is 0.107. The van der Waals surface area contributed by atoms with Gasteiger partial charge in [0.25, 0.3) is 5.91 Å². The molecular formula is C15H24N4O. The molecule has 1 aliphatic carbocycles. The van der Waals surface area contributed by atoms with Gasteiger partial charge in [-0.1, -0.05) is 32.6 Å². The minimum Gasteiger partial charge on any atom is -0.369 e. The number of carbonyl (C=O) groups excluding carboxylic acids is 1. The van der Waals surface area contributed by atoms with Gasteiger partial charge in [0.1, 0.15) is 5.82 Å². The highest BCUT2D eigenvalue weighted by atomic mass is 16.2. The van der Waals surface area contributed by atoms with Crippen LogP contribution in [0.2, 0.25) is 0 Å². The van der Waals surface area contributed by atoms with Crippen LogP contribution in [0.5, 0.6) is 0 Å². The highest BCUT2D eigenvalue weighted by Crippen LogP contribution is 2.17. The number of nitrogens with zero attached hydrogens (tertiary/aromatic N) is 2. The topological polar surface area (TPSA) is 66.9 Å². The zero-order chi connectivity index (χ0) is 14.2. The predicted molar refractivity (Wildman–Crippen MR) is 79.8 cm³/mol. The molecule has 5 nitrogen and oxygen atoms in total. The Hall–Kier alpha value is -1.65. The number of anilines is 1. The van der Waals surface area contributed by atoms with Crippen LogP contribution in [-0.4, -0.2) is 28.7 Å². The van der Waals surface area contributed by atoms with E-state index in [-0.39, 0.29) is 5.91 Å². The third kappa shape index (κ3) is 4.47. The van der Waals surface area contributed by atoms with Crippen molar-refractivity contribution in [1.29, 1.82) is 0 Å². The molecule has 0 aromatic carbocycles. The number of hydrogen-bond donors (Lipinski definition) is 2. The molecule has 1 aromatic heterocycles. The average Bonchev–Trinajstić information content (AvgIpc) is 2.49. The van der Waals surface area contributed by atoms with Crippen LogP contribution >= 0.6 is 0 Å². The fourth-order valence-corrected chi connectivity index (χ4v) is 2.45. The van der Waals surface area contributed by atoms with E-state index in [1.807, 2.05) is 6.07 Å². The molecule has 0 aliphatic heterocycles. The fourth-order valence-electron chi connectivity index (χ4n) is 2.45. The fraction of sp³-hybridized carbons (Fsp3) is 0.667. The lowest BCUT2D eigenvalue weighted by atomic mass is 9.95. The Labute approximate surface area is 120 Å².